The van der Waals surface area contributed by atoms with Crippen LogP contribution in [0.3, 0.4) is 0 Å². The number of nitrogens with one attached hydrogen (secondary N) is 1. The van der Waals surface area contributed by atoms with E-state index in [1.807, 2.05) is 12.1 Å². The molecule has 0 amide bonds. The fraction of sp³-hybridized carbons (Fsp3) is 0.500. The summed E-state index contributed by atoms with van der Waals surface area (Å²) in [5.41, 5.74) is 5.40. The van der Waals surface area contributed by atoms with Crippen molar-refractivity contribution < 1.29 is 15.4 Å². The van der Waals surface area contributed by atoms with Gasteiger partial charge in [-0.3, -0.25) is 0 Å². The average molecular weight is 243 g/mol. The molecule has 1 fully saturated rings. The predicted octanol–water partition coefficient (Wildman–Crippen LogP) is -0.462. The van der Waals surface area contributed by atoms with Crippen LogP contribution in [0.15, 0.2) is 24.3 Å². The molecule has 0 radical (unpaired) electrons. The number of hydrogen-bond acceptors (Lipinski definition) is 1. The maximum absolute atomic E-state index is 5.90. The van der Waals surface area contributed by atoms with Gasteiger partial charge in [-0.25, -0.2) is 0 Å². The summed E-state index contributed by atoms with van der Waals surface area (Å²) >= 11 is 5.90. The summed E-state index contributed by atoms with van der Waals surface area (Å²) in [5.74, 6) is 0. The zero-order valence-corrected chi connectivity index (χ0v) is 10.2. The van der Waals surface area contributed by atoms with Gasteiger partial charge in [0.25, 0.3) is 0 Å². The Morgan fingerprint density at radius 1 is 1.25 bits per heavy atom. The molecule has 0 unspecified atom stereocenters. The summed E-state index contributed by atoms with van der Waals surface area (Å²) in [6.45, 7) is 4.78. The van der Waals surface area contributed by atoms with Crippen LogP contribution in [-0.4, -0.2) is 32.8 Å². The maximum atomic E-state index is 5.90. The molecule has 88 valence electrons. The molecule has 0 aliphatic carbocycles. The van der Waals surface area contributed by atoms with Crippen LogP contribution in [-0.2, 0) is 4.74 Å². The van der Waals surface area contributed by atoms with Crippen LogP contribution in [0, 0.1) is 0 Å². The molecule has 0 saturated carbocycles. The Bertz CT molecular complexity index is 322. The van der Waals surface area contributed by atoms with Crippen molar-refractivity contribution in [1.29, 1.82) is 0 Å². The van der Waals surface area contributed by atoms with Crippen molar-refractivity contribution in [3.8, 4) is 0 Å². The van der Waals surface area contributed by atoms with E-state index >= 15 is 0 Å². The van der Waals surface area contributed by atoms with E-state index in [-0.39, 0.29) is 0 Å². The van der Waals surface area contributed by atoms with Crippen molar-refractivity contribution in [2.45, 2.75) is 6.04 Å². The molecule has 16 heavy (non-hydrogen) atoms. The molecule has 1 aromatic carbocycles. The van der Waals surface area contributed by atoms with Gasteiger partial charge in [0.1, 0.15) is 19.6 Å². The lowest BCUT2D eigenvalue weighted by atomic mass is 10.1. The first-order valence-electron chi connectivity index (χ1n) is 5.78. The highest BCUT2D eigenvalue weighted by molar-refractivity contribution is 6.30. The van der Waals surface area contributed by atoms with Gasteiger partial charge in [-0.2, -0.15) is 0 Å². The largest absolute Gasteiger partial charge is 0.370 e. The molecule has 4 N–H and O–H groups in total. The molecule has 2 rings (SSSR count). The quantitative estimate of drug-likeness (QED) is 0.740. The second-order valence-electron chi connectivity index (χ2n) is 4.16. The highest BCUT2D eigenvalue weighted by Gasteiger charge is 2.26. The van der Waals surface area contributed by atoms with Crippen LogP contribution < -0.4 is 10.6 Å². The molecule has 0 bridgehead atoms. The van der Waals surface area contributed by atoms with Gasteiger partial charge < -0.3 is 15.4 Å². The SMILES string of the molecule is [NH3+]C[C@H](c1ccc(Cl)cc1)[NH+]1CCOCC1. The van der Waals surface area contributed by atoms with Gasteiger partial charge in [0.2, 0.25) is 0 Å². The van der Waals surface area contributed by atoms with Gasteiger partial charge in [0, 0.05) is 10.6 Å². The van der Waals surface area contributed by atoms with E-state index < -0.39 is 0 Å². The average Bonchev–Trinajstić information content (AvgIpc) is 2.34. The molecule has 1 saturated heterocycles. The van der Waals surface area contributed by atoms with E-state index in [0.717, 1.165) is 37.9 Å². The number of halogens is 1. The van der Waals surface area contributed by atoms with Gasteiger partial charge in [-0.15, -0.1) is 0 Å². The number of quaternary nitrogens is 2. The second-order valence-corrected chi connectivity index (χ2v) is 4.60. The topological polar surface area (TPSA) is 41.3 Å². The first kappa shape index (κ1) is 11.9. The van der Waals surface area contributed by atoms with Crippen LogP contribution in [0.1, 0.15) is 11.6 Å². The van der Waals surface area contributed by atoms with Crippen LogP contribution in [0.5, 0.6) is 0 Å². The highest BCUT2D eigenvalue weighted by atomic mass is 35.5. The van der Waals surface area contributed by atoms with E-state index in [9.17, 15) is 0 Å². The molecule has 1 aromatic rings. The van der Waals surface area contributed by atoms with Crippen molar-refractivity contribution in [2.24, 2.45) is 0 Å². The van der Waals surface area contributed by atoms with Gasteiger partial charge >= 0.3 is 0 Å². The van der Waals surface area contributed by atoms with E-state index in [2.05, 4.69) is 17.9 Å². The second kappa shape index (κ2) is 5.64. The van der Waals surface area contributed by atoms with Gasteiger partial charge in [-0.1, -0.05) is 23.7 Å². The van der Waals surface area contributed by atoms with Gasteiger partial charge in [0.15, 0.2) is 6.04 Å². The molecule has 1 heterocycles. The Hall–Kier alpha value is -0.610. The third kappa shape index (κ3) is 2.74. The smallest absolute Gasteiger partial charge is 0.163 e. The summed E-state index contributed by atoms with van der Waals surface area (Å²) in [5, 5.41) is 0.795. The minimum atomic E-state index is 0.473. The number of ether oxygens (including phenoxy) is 1. The van der Waals surface area contributed by atoms with Crippen molar-refractivity contribution in [2.75, 3.05) is 32.8 Å². The lowest BCUT2D eigenvalue weighted by Crippen LogP contribution is -3.15. The molecule has 0 aromatic heterocycles. The molecule has 1 atom stereocenters. The zero-order chi connectivity index (χ0) is 11.4. The maximum Gasteiger partial charge on any atom is 0.163 e. The number of morpholine rings is 1. The number of hydrogen-bond donors (Lipinski definition) is 2. The van der Waals surface area contributed by atoms with Crippen LogP contribution >= 0.6 is 11.6 Å². The van der Waals surface area contributed by atoms with Crippen molar-refractivity contribution in [3.05, 3.63) is 34.9 Å². The monoisotopic (exact) mass is 242 g/mol. The number of rotatable bonds is 3. The van der Waals surface area contributed by atoms with Gasteiger partial charge in [-0.05, 0) is 12.1 Å². The van der Waals surface area contributed by atoms with E-state index in [1.165, 1.54) is 5.56 Å². The number of benzene rings is 1. The molecule has 3 nitrogen and oxygen atoms in total. The first-order valence-corrected chi connectivity index (χ1v) is 6.16. The van der Waals surface area contributed by atoms with E-state index in [1.54, 1.807) is 4.90 Å². The third-order valence-electron chi connectivity index (χ3n) is 3.19. The lowest BCUT2D eigenvalue weighted by Gasteiger charge is -2.29. The molecule has 0 spiro atoms. The summed E-state index contributed by atoms with van der Waals surface area (Å²) in [4.78, 5) is 1.57. The molecule has 4 heteroatoms. The van der Waals surface area contributed by atoms with Crippen molar-refractivity contribution in [1.82, 2.24) is 0 Å². The summed E-state index contributed by atoms with van der Waals surface area (Å²) in [7, 11) is 0. The fourth-order valence-corrected chi connectivity index (χ4v) is 2.41. The van der Waals surface area contributed by atoms with Gasteiger partial charge in [0.05, 0.1) is 13.2 Å². The Morgan fingerprint density at radius 3 is 2.44 bits per heavy atom. The summed E-state index contributed by atoms with van der Waals surface area (Å²) in [6, 6.07) is 8.61. The van der Waals surface area contributed by atoms with E-state index in [0.29, 0.717) is 6.04 Å². The summed E-state index contributed by atoms with van der Waals surface area (Å²) < 4.78 is 5.39. The molecular formula is C12H19ClN2O+2. The molecular weight excluding hydrogens is 224 g/mol. The highest BCUT2D eigenvalue weighted by Crippen LogP contribution is 2.13. The third-order valence-corrected chi connectivity index (χ3v) is 3.44. The molecule has 1 aliphatic rings. The Morgan fingerprint density at radius 2 is 1.88 bits per heavy atom. The fourth-order valence-electron chi connectivity index (χ4n) is 2.28. The normalized spacial score (nSPS) is 19.6. The van der Waals surface area contributed by atoms with E-state index in [4.69, 9.17) is 16.3 Å². The van der Waals surface area contributed by atoms with Crippen LogP contribution in [0.25, 0.3) is 0 Å². The minimum Gasteiger partial charge on any atom is -0.370 e. The summed E-state index contributed by atoms with van der Waals surface area (Å²) in [6.07, 6.45) is 0. The predicted molar refractivity (Wildman–Crippen MR) is 63.5 cm³/mol. The zero-order valence-electron chi connectivity index (χ0n) is 9.42. The lowest BCUT2D eigenvalue weighted by molar-refractivity contribution is -0.944. The standard InChI is InChI=1S/C12H17ClN2O/c13-11-3-1-10(2-4-11)12(9-14)15-5-7-16-8-6-15/h1-4,12H,5-9,14H2/p+2/t12-/m1/s1. The Kier molecular flexibility index (Phi) is 4.18. The van der Waals surface area contributed by atoms with Crippen molar-refractivity contribution >= 4 is 11.6 Å². The Balaban J connectivity index is 2.11. The van der Waals surface area contributed by atoms with Crippen LogP contribution in [0.2, 0.25) is 5.02 Å². The van der Waals surface area contributed by atoms with Crippen molar-refractivity contribution in [3.63, 3.8) is 0 Å². The molecule has 1 aliphatic heterocycles. The first-order chi connectivity index (χ1) is 7.81. The minimum absolute atomic E-state index is 0.473. The Labute approximate surface area is 101 Å². The van der Waals surface area contributed by atoms with Crippen LogP contribution in [0.4, 0.5) is 0 Å².